The van der Waals surface area contributed by atoms with Crippen molar-refractivity contribution in [1.82, 2.24) is 4.90 Å². The summed E-state index contributed by atoms with van der Waals surface area (Å²) in [6, 6.07) is 10.4. The van der Waals surface area contributed by atoms with Crippen molar-refractivity contribution in [1.29, 1.82) is 0 Å². The zero-order valence-corrected chi connectivity index (χ0v) is 10.9. The third-order valence-corrected chi connectivity index (χ3v) is 4.19. The summed E-state index contributed by atoms with van der Waals surface area (Å²) in [6.07, 6.45) is 2.48. The van der Waals surface area contributed by atoms with Crippen LogP contribution in [0.2, 0.25) is 0 Å². The maximum Gasteiger partial charge on any atom is 0.0665 e. The third-order valence-electron chi connectivity index (χ3n) is 4.19. The number of aliphatic hydroxyl groups is 1. The fourth-order valence-electron chi connectivity index (χ4n) is 2.67. The van der Waals surface area contributed by atoms with Gasteiger partial charge >= 0.3 is 0 Å². The Morgan fingerprint density at radius 3 is 2.35 bits per heavy atom. The van der Waals surface area contributed by atoms with Gasteiger partial charge in [-0.05, 0) is 44.3 Å². The van der Waals surface area contributed by atoms with Gasteiger partial charge in [0.2, 0.25) is 0 Å². The summed E-state index contributed by atoms with van der Waals surface area (Å²) in [5.41, 5.74) is 0.999. The summed E-state index contributed by atoms with van der Waals surface area (Å²) < 4.78 is 0. The Balaban J connectivity index is 2.19. The molecule has 0 radical (unpaired) electrons. The first-order chi connectivity index (χ1) is 8.16. The predicted molar refractivity (Wildman–Crippen MR) is 70.9 cm³/mol. The van der Waals surface area contributed by atoms with E-state index in [0.29, 0.717) is 0 Å². The van der Waals surface area contributed by atoms with Crippen LogP contribution in [-0.4, -0.2) is 29.7 Å². The monoisotopic (exact) mass is 233 g/mol. The molecule has 0 spiro atoms. The Hall–Kier alpha value is -0.860. The predicted octanol–water partition coefficient (Wildman–Crippen LogP) is 2.63. The lowest BCUT2D eigenvalue weighted by Gasteiger charge is -2.44. The van der Waals surface area contributed by atoms with E-state index in [9.17, 15) is 5.11 Å². The Labute approximate surface area is 104 Å². The topological polar surface area (TPSA) is 23.5 Å². The molecule has 2 heteroatoms. The maximum atomic E-state index is 9.82. The second-order valence-electron chi connectivity index (χ2n) is 5.47. The average molecular weight is 233 g/mol. The highest BCUT2D eigenvalue weighted by Gasteiger charge is 2.34. The number of piperidine rings is 1. The van der Waals surface area contributed by atoms with Gasteiger partial charge in [-0.3, -0.25) is 4.90 Å². The SMILES string of the molecule is CC1CCN(C(C)(CO)c2ccccc2)CC1. The van der Waals surface area contributed by atoms with Crippen molar-refractivity contribution < 1.29 is 5.11 Å². The first kappa shape index (κ1) is 12.6. The molecule has 1 aliphatic rings. The van der Waals surface area contributed by atoms with Crippen LogP contribution in [0.15, 0.2) is 30.3 Å². The van der Waals surface area contributed by atoms with Crippen molar-refractivity contribution in [3.8, 4) is 0 Å². The van der Waals surface area contributed by atoms with E-state index >= 15 is 0 Å². The number of likely N-dealkylation sites (tertiary alicyclic amines) is 1. The summed E-state index contributed by atoms with van der Waals surface area (Å²) in [5, 5.41) is 9.82. The van der Waals surface area contributed by atoms with E-state index in [2.05, 4.69) is 43.0 Å². The molecule has 1 heterocycles. The highest BCUT2D eigenvalue weighted by atomic mass is 16.3. The van der Waals surface area contributed by atoms with E-state index in [1.807, 2.05) is 6.07 Å². The van der Waals surface area contributed by atoms with E-state index < -0.39 is 0 Å². The van der Waals surface area contributed by atoms with Gasteiger partial charge in [0.15, 0.2) is 0 Å². The van der Waals surface area contributed by atoms with Gasteiger partial charge in [0.1, 0.15) is 0 Å². The third kappa shape index (κ3) is 2.53. The first-order valence-corrected chi connectivity index (χ1v) is 6.58. The molecule has 1 atom stereocenters. The van der Waals surface area contributed by atoms with E-state index in [4.69, 9.17) is 0 Å². The molecule has 2 rings (SSSR count). The number of hydrogen-bond donors (Lipinski definition) is 1. The van der Waals surface area contributed by atoms with Gasteiger partial charge in [0, 0.05) is 0 Å². The number of hydrogen-bond acceptors (Lipinski definition) is 2. The molecule has 94 valence electrons. The Bertz CT molecular complexity index is 343. The molecule has 1 saturated heterocycles. The first-order valence-electron chi connectivity index (χ1n) is 6.58. The zero-order chi connectivity index (χ0) is 12.3. The lowest BCUT2D eigenvalue weighted by atomic mass is 9.87. The van der Waals surface area contributed by atoms with Crippen molar-refractivity contribution in [2.45, 2.75) is 32.2 Å². The summed E-state index contributed by atoms with van der Waals surface area (Å²) in [7, 11) is 0. The van der Waals surface area contributed by atoms with Crippen LogP contribution >= 0.6 is 0 Å². The maximum absolute atomic E-state index is 9.82. The zero-order valence-electron chi connectivity index (χ0n) is 10.9. The molecule has 0 saturated carbocycles. The summed E-state index contributed by atoms with van der Waals surface area (Å²) in [6.45, 7) is 6.83. The lowest BCUT2D eigenvalue weighted by molar-refractivity contribution is 0.0163. The van der Waals surface area contributed by atoms with Crippen LogP contribution in [0.4, 0.5) is 0 Å². The second-order valence-corrected chi connectivity index (χ2v) is 5.47. The van der Waals surface area contributed by atoms with Crippen LogP contribution in [0.3, 0.4) is 0 Å². The van der Waals surface area contributed by atoms with E-state index in [0.717, 1.165) is 19.0 Å². The Kier molecular flexibility index (Phi) is 3.85. The molecule has 1 aromatic rings. The summed E-state index contributed by atoms with van der Waals surface area (Å²) in [5.74, 6) is 0.824. The van der Waals surface area contributed by atoms with Crippen LogP contribution in [0, 0.1) is 5.92 Å². The molecule has 1 aliphatic heterocycles. The largest absolute Gasteiger partial charge is 0.394 e. The number of benzene rings is 1. The molecule has 0 bridgehead atoms. The molecular weight excluding hydrogens is 210 g/mol. The van der Waals surface area contributed by atoms with Crippen molar-refractivity contribution in [2.24, 2.45) is 5.92 Å². The number of aliphatic hydroxyl groups excluding tert-OH is 1. The summed E-state index contributed by atoms with van der Waals surface area (Å²) in [4.78, 5) is 2.43. The molecule has 1 unspecified atom stereocenters. The van der Waals surface area contributed by atoms with Crippen LogP contribution < -0.4 is 0 Å². The minimum absolute atomic E-state index is 0.186. The van der Waals surface area contributed by atoms with Gasteiger partial charge in [0.25, 0.3) is 0 Å². The fourth-order valence-corrected chi connectivity index (χ4v) is 2.67. The molecule has 1 aromatic carbocycles. The number of nitrogens with zero attached hydrogens (tertiary/aromatic N) is 1. The molecule has 2 nitrogen and oxygen atoms in total. The van der Waals surface area contributed by atoms with Crippen LogP contribution in [0.1, 0.15) is 32.3 Å². The van der Waals surface area contributed by atoms with Crippen molar-refractivity contribution >= 4 is 0 Å². The second kappa shape index (κ2) is 5.19. The van der Waals surface area contributed by atoms with Gasteiger partial charge in [-0.25, -0.2) is 0 Å². The fraction of sp³-hybridized carbons (Fsp3) is 0.600. The minimum atomic E-state index is -0.221. The molecule has 0 aliphatic carbocycles. The van der Waals surface area contributed by atoms with Gasteiger partial charge in [-0.15, -0.1) is 0 Å². The van der Waals surface area contributed by atoms with E-state index in [1.54, 1.807) is 0 Å². The van der Waals surface area contributed by atoms with E-state index in [-0.39, 0.29) is 12.1 Å². The molecular formula is C15H23NO. The van der Waals surface area contributed by atoms with Gasteiger partial charge in [-0.1, -0.05) is 37.3 Å². The van der Waals surface area contributed by atoms with Crippen molar-refractivity contribution in [3.63, 3.8) is 0 Å². The van der Waals surface area contributed by atoms with Crippen molar-refractivity contribution in [3.05, 3.63) is 35.9 Å². The molecule has 1 N–H and O–H groups in total. The van der Waals surface area contributed by atoms with Crippen LogP contribution in [0.25, 0.3) is 0 Å². The van der Waals surface area contributed by atoms with E-state index in [1.165, 1.54) is 18.4 Å². The van der Waals surface area contributed by atoms with Gasteiger partial charge in [0.05, 0.1) is 12.1 Å². The Morgan fingerprint density at radius 2 is 1.82 bits per heavy atom. The Morgan fingerprint density at radius 1 is 1.24 bits per heavy atom. The average Bonchev–Trinajstić information content (AvgIpc) is 2.40. The van der Waals surface area contributed by atoms with Gasteiger partial charge < -0.3 is 5.11 Å². The molecule has 0 amide bonds. The van der Waals surface area contributed by atoms with Crippen LogP contribution in [-0.2, 0) is 5.54 Å². The summed E-state index contributed by atoms with van der Waals surface area (Å²) >= 11 is 0. The minimum Gasteiger partial charge on any atom is -0.394 e. The van der Waals surface area contributed by atoms with Crippen LogP contribution in [0.5, 0.6) is 0 Å². The number of rotatable bonds is 3. The molecule has 0 aromatic heterocycles. The normalized spacial score (nSPS) is 22.3. The molecule has 17 heavy (non-hydrogen) atoms. The van der Waals surface area contributed by atoms with Crippen molar-refractivity contribution in [2.75, 3.05) is 19.7 Å². The quantitative estimate of drug-likeness (QED) is 0.867. The van der Waals surface area contributed by atoms with Gasteiger partial charge in [-0.2, -0.15) is 0 Å². The highest BCUT2D eigenvalue weighted by Crippen LogP contribution is 2.31. The smallest absolute Gasteiger partial charge is 0.0665 e. The standard InChI is InChI=1S/C15H23NO/c1-13-8-10-16(11-9-13)15(2,12-17)14-6-4-3-5-7-14/h3-7,13,17H,8-12H2,1-2H3. The highest BCUT2D eigenvalue weighted by molar-refractivity contribution is 5.24. The lowest BCUT2D eigenvalue weighted by Crippen LogP contribution is -2.50. The molecule has 1 fully saturated rings.